The van der Waals surface area contributed by atoms with Gasteiger partial charge in [-0.05, 0) is 24.3 Å². The minimum absolute atomic E-state index is 0. The minimum Gasteiger partial charge on any atom is -0.356 e. The van der Waals surface area contributed by atoms with E-state index in [1.807, 2.05) is 35.8 Å². The molecule has 1 heterocycles. The number of nitrogens with one attached hydrogen (secondary N) is 2. The van der Waals surface area contributed by atoms with Crippen LogP contribution in [0.1, 0.15) is 12.7 Å². The van der Waals surface area contributed by atoms with Gasteiger partial charge in [-0.2, -0.15) is 0 Å². The Kier molecular flexibility index (Phi) is 12.8. The number of hydrogen-bond acceptors (Lipinski definition) is 5. The molecule has 8 nitrogen and oxygen atoms in total. The Morgan fingerprint density at radius 2 is 1.93 bits per heavy atom. The number of likely N-dealkylation sites (N-methyl/N-ethyl adjacent to an activating group) is 1. The van der Waals surface area contributed by atoms with Crippen LogP contribution in [0.3, 0.4) is 0 Å². The number of benzene rings is 1. The minimum atomic E-state index is -0.0475. The zero-order valence-corrected chi connectivity index (χ0v) is 21.4. The molecule has 1 aromatic carbocycles. The molecule has 166 valence electrons. The fourth-order valence-electron chi connectivity index (χ4n) is 2.37. The molecule has 0 saturated carbocycles. The number of amides is 1. The number of carbonyl (C=O) groups excluding carboxylic acids is 1. The van der Waals surface area contributed by atoms with Crippen LogP contribution in [0, 0.1) is 0 Å². The molecular formula is C19H29ClIN7OS. The van der Waals surface area contributed by atoms with Crippen LogP contribution in [0.5, 0.6) is 0 Å². The van der Waals surface area contributed by atoms with Crippen molar-refractivity contribution in [3.05, 3.63) is 41.4 Å². The van der Waals surface area contributed by atoms with Crippen LogP contribution in [0.4, 0.5) is 0 Å². The largest absolute Gasteiger partial charge is 0.356 e. The third kappa shape index (κ3) is 9.52. The summed E-state index contributed by atoms with van der Waals surface area (Å²) in [5.74, 6) is 2.37. The van der Waals surface area contributed by atoms with Crippen LogP contribution >= 0.6 is 47.3 Å². The average molecular weight is 566 g/mol. The second-order valence-corrected chi connectivity index (χ2v) is 8.01. The number of rotatable bonds is 10. The van der Waals surface area contributed by atoms with Crippen molar-refractivity contribution in [2.45, 2.75) is 24.8 Å². The number of guanidine groups is 1. The molecule has 2 N–H and O–H groups in total. The van der Waals surface area contributed by atoms with E-state index in [1.54, 1.807) is 32.2 Å². The number of aliphatic imine (C=N–C) groups is 1. The monoisotopic (exact) mass is 565 g/mol. The van der Waals surface area contributed by atoms with E-state index in [-0.39, 0.29) is 36.4 Å². The molecule has 0 fully saturated rings. The standard InChI is InChI=1S/C19H28ClN7OS.HI/c1-4-17-25-24-14-27(17)11-9-21-19(23-13-18(28)26(2)3)22-10-12-29-16-7-5-15(20)6-8-16;/h5-8,14H,4,9-13H2,1-3H3,(H2,21,22,23);1H. The van der Waals surface area contributed by atoms with Crippen LogP contribution in [0.15, 0.2) is 40.5 Å². The predicted molar refractivity (Wildman–Crippen MR) is 134 cm³/mol. The van der Waals surface area contributed by atoms with Gasteiger partial charge in [0.2, 0.25) is 5.91 Å². The van der Waals surface area contributed by atoms with Gasteiger partial charge >= 0.3 is 0 Å². The van der Waals surface area contributed by atoms with Gasteiger partial charge in [0.05, 0.1) is 0 Å². The predicted octanol–water partition coefficient (Wildman–Crippen LogP) is 2.53. The Hall–Kier alpha value is -1.53. The zero-order valence-electron chi connectivity index (χ0n) is 17.5. The fraction of sp³-hybridized carbons (Fsp3) is 0.474. The first-order chi connectivity index (χ1) is 14.0. The van der Waals surface area contributed by atoms with Crippen molar-refractivity contribution in [1.82, 2.24) is 30.3 Å². The molecule has 0 aliphatic heterocycles. The molecule has 0 aliphatic rings. The lowest BCUT2D eigenvalue weighted by atomic mass is 10.4. The Labute approximate surface area is 204 Å². The fourth-order valence-corrected chi connectivity index (χ4v) is 3.26. The van der Waals surface area contributed by atoms with E-state index < -0.39 is 0 Å². The summed E-state index contributed by atoms with van der Waals surface area (Å²) in [6.45, 7) is 4.23. The second kappa shape index (κ2) is 14.5. The zero-order chi connectivity index (χ0) is 21.1. The molecule has 0 unspecified atom stereocenters. The summed E-state index contributed by atoms with van der Waals surface area (Å²) >= 11 is 7.64. The molecule has 0 spiro atoms. The van der Waals surface area contributed by atoms with Crippen molar-refractivity contribution in [3.63, 3.8) is 0 Å². The molecule has 0 saturated heterocycles. The highest BCUT2D eigenvalue weighted by molar-refractivity contribution is 14.0. The van der Waals surface area contributed by atoms with Gasteiger partial charge in [0.1, 0.15) is 18.7 Å². The third-order valence-electron chi connectivity index (χ3n) is 4.01. The molecule has 0 atom stereocenters. The lowest BCUT2D eigenvalue weighted by Gasteiger charge is -2.14. The summed E-state index contributed by atoms with van der Waals surface area (Å²) in [7, 11) is 3.44. The van der Waals surface area contributed by atoms with E-state index in [0.29, 0.717) is 19.0 Å². The van der Waals surface area contributed by atoms with Crippen molar-refractivity contribution in [2.75, 3.05) is 39.5 Å². The maximum absolute atomic E-state index is 11.9. The van der Waals surface area contributed by atoms with Gasteiger partial charge in [-0.15, -0.1) is 45.9 Å². The van der Waals surface area contributed by atoms with Crippen LogP contribution < -0.4 is 10.6 Å². The quantitative estimate of drug-likeness (QED) is 0.151. The van der Waals surface area contributed by atoms with E-state index in [1.165, 1.54) is 4.90 Å². The van der Waals surface area contributed by atoms with E-state index in [4.69, 9.17) is 11.6 Å². The van der Waals surface area contributed by atoms with E-state index >= 15 is 0 Å². The second-order valence-electron chi connectivity index (χ2n) is 6.40. The number of thioether (sulfide) groups is 1. The first-order valence-electron chi connectivity index (χ1n) is 9.47. The number of hydrogen-bond donors (Lipinski definition) is 2. The maximum atomic E-state index is 11.9. The van der Waals surface area contributed by atoms with Gasteiger partial charge in [-0.25, -0.2) is 4.99 Å². The number of carbonyl (C=O) groups is 1. The lowest BCUT2D eigenvalue weighted by molar-refractivity contribution is -0.127. The summed E-state index contributed by atoms with van der Waals surface area (Å²) in [4.78, 5) is 18.9. The number of halogens is 2. The van der Waals surface area contributed by atoms with Crippen LogP contribution in [0.2, 0.25) is 5.02 Å². The van der Waals surface area contributed by atoms with Crippen LogP contribution in [-0.2, 0) is 17.8 Å². The molecule has 1 amide bonds. The molecular weight excluding hydrogens is 537 g/mol. The van der Waals surface area contributed by atoms with Crippen molar-refractivity contribution in [2.24, 2.45) is 4.99 Å². The molecule has 11 heteroatoms. The first-order valence-corrected chi connectivity index (χ1v) is 10.8. The number of aryl methyl sites for hydroxylation is 1. The molecule has 0 bridgehead atoms. The van der Waals surface area contributed by atoms with E-state index in [9.17, 15) is 4.79 Å². The van der Waals surface area contributed by atoms with Gasteiger partial charge in [0, 0.05) is 55.8 Å². The van der Waals surface area contributed by atoms with Gasteiger partial charge in [0.25, 0.3) is 0 Å². The van der Waals surface area contributed by atoms with Crippen molar-refractivity contribution < 1.29 is 4.79 Å². The normalized spacial score (nSPS) is 11.0. The molecule has 30 heavy (non-hydrogen) atoms. The summed E-state index contributed by atoms with van der Waals surface area (Å²) in [6, 6.07) is 7.77. The highest BCUT2D eigenvalue weighted by Gasteiger charge is 2.06. The lowest BCUT2D eigenvalue weighted by Crippen LogP contribution is -2.41. The molecule has 0 aliphatic carbocycles. The Bertz CT molecular complexity index is 798. The topological polar surface area (TPSA) is 87.4 Å². The molecule has 2 rings (SSSR count). The summed E-state index contributed by atoms with van der Waals surface area (Å²) in [6.07, 6.45) is 2.56. The molecule has 2 aromatic rings. The van der Waals surface area contributed by atoms with Crippen molar-refractivity contribution in [3.8, 4) is 0 Å². The number of nitrogens with zero attached hydrogens (tertiary/aromatic N) is 5. The van der Waals surface area contributed by atoms with Gasteiger partial charge in [-0.1, -0.05) is 18.5 Å². The smallest absolute Gasteiger partial charge is 0.243 e. The van der Waals surface area contributed by atoms with Gasteiger partial charge in [0.15, 0.2) is 5.96 Å². The third-order valence-corrected chi connectivity index (χ3v) is 5.27. The van der Waals surface area contributed by atoms with Crippen LogP contribution in [-0.4, -0.2) is 71.0 Å². The Balaban J connectivity index is 0.00000450. The SMILES string of the molecule is CCc1nncn1CCNC(=NCC(=O)N(C)C)NCCSc1ccc(Cl)cc1.I. The highest BCUT2D eigenvalue weighted by atomic mass is 127. The summed E-state index contributed by atoms with van der Waals surface area (Å²) in [5, 5.41) is 15.3. The molecule has 1 aromatic heterocycles. The van der Waals surface area contributed by atoms with Crippen LogP contribution in [0.25, 0.3) is 0 Å². The highest BCUT2D eigenvalue weighted by Crippen LogP contribution is 2.19. The maximum Gasteiger partial charge on any atom is 0.243 e. The van der Waals surface area contributed by atoms with Crippen molar-refractivity contribution >= 4 is 59.2 Å². The Morgan fingerprint density at radius 1 is 1.23 bits per heavy atom. The van der Waals surface area contributed by atoms with Gasteiger partial charge < -0.3 is 20.1 Å². The Morgan fingerprint density at radius 3 is 2.60 bits per heavy atom. The first kappa shape index (κ1) is 26.5. The van der Waals surface area contributed by atoms with Gasteiger partial charge in [-0.3, -0.25) is 4.79 Å². The van der Waals surface area contributed by atoms with E-state index in [2.05, 4.69) is 25.8 Å². The molecule has 0 radical (unpaired) electrons. The number of aromatic nitrogens is 3. The summed E-state index contributed by atoms with van der Waals surface area (Å²) < 4.78 is 2.01. The summed E-state index contributed by atoms with van der Waals surface area (Å²) in [5.41, 5.74) is 0. The van der Waals surface area contributed by atoms with Crippen molar-refractivity contribution in [1.29, 1.82) is 0 Å². The van der Waals surface area contributed by atoms with E-state index in [0.717, 1.165) is 34.5 Å². The average Bonchev–Trinajstić information content (AvgIpc) is 3.17.